The van der Waals surface area contributed by atoms with Gasteiger partial charge in [0.25, 0.3) is 0 Å². The monoisotopic (exact) mass is 253 g/mol. The normalized spacial score (nSPS) is 19.4. The fraction of sp³-hybridized carbons (Fsp3) is 0.714. The summed E-state index contributed by atoms with van der Waals surface area (Å²) in [5.74, 6) is -0.675. The smallest absolute Gasteiger partial charge is 0.328 e. The number of amides is 1. The Labute approximate surface area is 108 Å². The fourth-order valence-electron chi connectivity index (χ4n) is 2.30. The first-order chi connectivity index (χ1) is 8.63. The van der Waals surface area contributed by atoms with Crippen molar-refractivity contribution >= 4 is 11.9 Å². The lowest BCUT2D eigenvalue weighted by molar-refractivity contribution is -0.131. The van der Waals surface area contributed by atoms with Crippen LogP contribution in [0, 0.1) is 5.92 Å². The summed E-state index contributed by atoms with van der Waals surface area (Å²) < 4.78 is 0. The summed E-state index contributed by atoms with van der Waals surface area (Å²) >= 11 is 0. The molecule has 0 aromatic rings. The second-order valence-corrected chi connectivity index (χ2v) is 4.91. The molecule has 0 aliphatic heterocycles. The molecule has 1 amide bonds. The molecule has 102 valence electrons. The Morgan fingerprint density at radius 1 is 1.33 bits per heavy atom. The maximum atomic E-state index is 11.8. The minimum Gasteiger partial charge on any atom is -0.478 e. The van der Waals surface area contributed by atoms with Gasteiger partial charge in [-0.1, -0.05) is 25.3 Å². The van der Waals surface area contributed by atoms with E-state index in [9.17, 15) is 9.59 Å². The van der Waals surface area contributed by atoms with Gasteiger partial charge in [-0.3, -0.25) is 4.79 Å². The zero-order valence-corrected chi connectivity index (χ0v) is 11.1. The molecule has 4 nitrogen and oxygen atoms in total. The van der Waals surface area contributed by atoms with Gasteiger partial charge < -0.3 is 10.4 Å². The van der Waals surface area contributed by atoms with Gasteiger partial charge in [0.15, 0.2) is 0 Å². The molecule has 1 aliphatic carbocycles. The third kappa shape index (κ3) is 5.34. The van der Waals surface area contributed by atoms with E-state index in [-0.39, 0.29) is 11.8 Å². The number of carboxylic acids is 1. The van der Waals surface area contributed by atoms with Crippen LogP contribution in [-0.4, -0.2) is 23.5 Å². The van der Waals surface area contributed by atoms with Gasteiger partial charge in [0.05, 0.1) is 0 Å². The van der Waals surface area contributed by atoms with Crippen molar-refractivity contribution in [2.45, 2.75) is 51.9 Å². The molecule has 0 aromatic carbocycles. The molecule has 0 atom stereocenters. The van der Waals surface area contributed by atoms with Crippen LogP contribution < -0.4 is 5.32 Å². The number of unbranched alkanes of at least 4 members (excludes halogenated alkanes) is 2. The lowest BCUT2D eigenvalue weighted by Gasteiger charge is -2.22. The lowest BCUT2D eigenvalue weighted by Crippen LogP contribution is -2.32. The topological polar surface area (TPSA) is 66.4 Å². The van der Waals surface area contributed by atoms with Gasteiger partial charge in [0.2, 0.25) is 5.91 Å². The summed E-state index contributed by atoms with van der Waals surface area (Å²) in [6.45, 7) is 2.90. The van der Waals surface area contributed by atoms with E-state index in [0.717, 1.165) is 57.1 Å². The first-order valence-corrected chi connectivity index (χ1v) is 6.83. The van der Waals surface area contributed by atoms with Crippen molar-refractivity contribution in [3.8, 4) is 0 Å². The molecule has 0 saturated heterocycles. The minimum atomic E-state index is -0.882. The van der Waals surface area contributed by atoms with Gasteiger partial charge in [-0.25, -0.2) is 4.79 Å². The van der Waals surface area contributed by atoms with E-state index in [4.69, 9.17) is 5.11 Å². The van der Waals surface area contributed by atoms with Crippen LogP contribution in [0.5, 0.6) is 0 Å². The van der Waals surface area contributed by atoms with Crippen LogP contribution in [0.3, 0.4) is 0 Å². The molecule has 0 heterocycles. The molecule has 18 heavy (non-hydrogen) atoms. The van der Waals surface area contributed by atoms with Gasteiger partial charge in [-0.2, -0.15) is 0 Å². The largest absolute Gasteiger partial charge is 0.478 e. The van der Waals surface area contributed by atoms with Crippen molar-refractivity contribution in [3.63, 3.8) is 0 Å². The van der Waals surface area contributed by atoms with E-state index in [0.29, 0.717) is 0 Å². The summed E-state index contributed by atoms with van der Waals surface area (Å²) in [4.78, 5) is 22.4. The van der Waals surface area contributed by atoms with E-state index in [2.05, 4.69) is 12.2 Å². The molecule has 4 heteroatoms. The zero-order valence-electron chi connectivity index (χ0n) is 11.1. The Kier molecular flexibility index (Phi) is 6.47. The minimum absolute atomic E-state index is 0.0672. The van der Waals surface area contributed by atoms with Crippen molar-refractivity contribution in [1.82, 2.24) is 5.32 Å². The van der Waals surface area contributed by atoms with Crippen LogP contribution in [0.25, 0.3) is 0 Å². The Hall–Kier alpha value is -1.32. The molecular weight excluding hydrogens is 230 g/mol. The molecule has 1 saturated carbocycles. The van der Waals surface area contributed by atoms with Gasteiger partial charge in [0.1, 0.15) is 0 Å². The Balaban J connectivity index is 2.25. The highest BCUT2D eigenvalue weighted by molar-refractivity contribution is 5.81. The summed E-state index contributed by atoms with van der Waals surface area (Å²) in [5.41, 5.74) is 0.956. The van der Waals surface area contributed by atoms with Crippen molar-refractivity contribution in [2.75, 3.05) is 6.54 Å². The predicted octanol–water partition coefficient (Wildman–Crippen LogP) is 2.49. The van der Waals surface area contributed by atoms with E-state index in [1.165, 1.54) is 6.08 Å². The van der Waals surface area contributed by atoms with Crippen molar-refractivity contribution in [3.05, 3.63) is 11.6 Å². The number of carbonyl (C=O) groups excluding carboxylic acids is 1. The maximum absolute atomic E-state index is 11.8. The van der Waals surface area contributed by atoms with Crippen LogP contribution in [0.1, 0.15) is 51.9 Å². The number of hydrogen-bond acceptors (Lipinski definition) is 2. The molecule has 1 rings (SSSR count). The van der Waals surface area contributed by atoms with Crippen molar-refractivity contribution in [2.24, 2.45) is 5.92 Å². The number of hydrogen-bond donors (Lipinski definition) is 2. The van der Waals surface area contributed by atoms with Crippen molar-refractivity contribution < 1.29 is 14.7 Å². The van der Waals surface area contributed by atoms with Gasteiger partial charge >= 0.3 is 5.97 Å². The van der Waals surface area contributed by atoms with Crippen LogP contribution >= 0.6 is 0 Å². The first-order valence-electron chi connectivity index (χ1n) is 6.83. The fourth-order valence-corrected chi connectivity index (χ4v) is 2.30. The summed E-state index contributed by atoms with van der Waals surface area (Å²) in [5, 5.41) is 11.6. The Morgan fingerprint density at radius 2 is 2.00 bits per heavy atom. The second kappa shape index (κ2) is 7.90. The quantitative estimate of drug-likeness (QED) is 0.564. The molecule has 0 bridgehead atoms. The average Bonchev–Trinajstić information content (AvgIpc) is 2.34. The van der Waals surface area contributed by atoms with E-state index in [1.54, 1.807) is 0 Å². The molecule has 0 spiro atoms. The van der Waals surface area contributed by atoms with E-state index in [1.807, 2.05) is 0 Å². The molecule has 0 radical (unpaired) electrons. The Bertz CT molecular complexity index is 313. The number of carboxylic acid groups (broad SMARTS) is 1. The Morgan fingerprint density at radius 3 is 2.56 bits per heavy atom. The van der Waals surface area contributed by atoms with E-state index < -0.39 is 5.97 Å². The molecular formula is C14H23NO3. The number of nitrogens with one attached hydrogen (secondary N) is 1. The highest BCUT2D eigenvalue weighted by atomic mass is 16.4. The number of rotatable bonds is 6. The lowest BCUT2D eigenvalue weighted by atomic mass is 9.85. The molecule has 0 unspecified atom stereocenters. The predicted molar refractivity (Wildman–Crippen MR) is 70.2 cm³/mol. The van der Waals surface area contributed by atoms with E-state index >= 15 is 0 Å². The summed E-state index contributed by atoms with van der Waals surface area (Å²) in [6.07, 6.45) is 7.66. The van der Waals surface area contributed by atoms with Crippen LogP contribution in [0.4, 0.5) is 0 Å². The number of aliphatic carboxylic acids is 1. The number of allylic oxidation sites excluding steroid dienone is 1. The summed E-state index contributed by atoms with van der Waals surface area (Å²) in [6, 6.07) is 0. The highest BCUT2D eigenvalue weighted by Gasteiger charge is 2.23. The molecule has 2 N–H and O–H groups in total. The third-order valence-corrected chi connectivity index (χ3v) is 3.41. The SMILES string of the molecule is CCCCCNC(=O)C1CCC(=CC(=O)O)CC1. The van der Waals surface area contributed by atoms with Crippen LogP contribution in [0.15, 0.2) is 11.6 Å². The first kappa shape index (κ1) is 14.7. The molecule has 1 fully saturated rings. The third-order valence-electron chi connectivity index (χ3n) is 3.41. The van der Waals surface area contributed by atoms with Gasteiger partial charge in [0, 0.05) is 18.5 Å². The van der Waals surface area contributed by atoms with Crippen molar-refractivity contribution in [1.29, 1.82) is 0 Å². The van der Waals surface area contributed by atoms with Crippen LogP contribution in [-0.2, 0) is 9.59 Å². The van der Waals surface area contributed by atoms with Gasteiger partial charge in [-0.05, 0) is 32.1 Å². The number of carbonyl (C=O) groups is 2. The second-order valence-electron chi connectivity index (χ2n) is 4.91. The average molecular weight is 253 g/mol. The maximum Gasteiger partial charge on any atom is 0.328 e. The standard InChI is InChI=1S/C14H23NO3/c1-2-3-4-9-15-14(18)12-7-5-11(6-8-12)10-13(16)17/h10,12H,2-9H2,1H3,(H,15,18)(H,16,17). The molecule has 0 aromatic heterocycles. The molecule has 1 aliphatic rings. The highest BCUT2D eigenvalue weighted by Crippen LogP contribution is 2.28. The zero-order chi connectivity index (χ0) is 13.4. The van der Waals surface area contributed by atoms with Crippen LogP contribution in [0.2, 0.25) is 0 Å². The van der Waals surface area contributed by atoms with Gasteiger partial charge in [-0.15, -0.1) is 0 Å². The summed E-state index contributed by atoms with van der Waals surface area (Å²) in [7, 11) is 0.